The van der Waals surface area contributed by atoms with Gasteiger partial charge in [-0.2, -0.15) is 0 Å². The number of rotatable bonds is 8. The number of carbonyl (C=O) groups is 2. The van der Waals surface area contributed by atoms with Crippen LogP contribution in [0.5, 0.6) is 5.75 Å². The van der Waals surface area contributed by atoms with E-state index in [1.165, 1.54) is 11.8 Å². The van der Waals surface area contributed by atoms with Crippen LogP contribution in [-0.4, -0.2) is 29.0 Å². The Morgan fingerprint density at radius 1 is 1.00 bits per heavy atom. The van der Waals surface area contributed by atoms with Crippen molar-refractivity contribution in [3.05, 3.63) is 82.5 Å². The zero-order chi connectivity index (χ0) is 22.4. The van der Waals surface area contributed by atoms with E-state index in [0.717, 1.165) is 28.3 Å². The quantitative estimate of drug-likeness (QED) is 0.367. The second-order valence-electron chi connectivity index (χ2n) is 7.20. The molecule has 0 saturated carbocycles. The Hall–Kier alpha value is -3.12. The molecule has 5 nitrogen and oxygen atoms in total. The van der Waals surface area contributed by atoms with Crippen molar-refractivity contribution in [3.8, 4) is 5.75 Å². The van der Waals surface area contributed by atoms with Crippen LogP contribution in [0.3, 0.4) is 0 Å². The largest absolute Gasteiger partial charge is 0.494 e. The Balaban J connectivity index is 1.78. The molecule has 3 aromatic rings. The SMILES string of the molecule is CCOc1ccc(C(=O)CSc2nc(C)cc(C)c2C(=O)Nc2ccccc2C)cc1. The molecule has 0 radical (unpaired) electrons. The number of thioether (sulfide) groups is 1. The number of pyridine rings is 1. The third-order valence-corrected chi connectivity index (χ3v) is 5.73. The summed E-state index contributed by atoms with van der Waals surface area (Å²) in [5.74, 6) is 0.668. The maximum absolute atomic E-state index is 13.1. The predicted molar refractivity (Wildman–Crippen MR) is 126 cm³/mol. The molecule has 1 heterocycles. The second kappa shape index (κ2) is 10.3. The fraction of sp³-hybridized carbons (Fsp3) is 0.240. The Labute approximate surface area is 187 Å². The number of nitrogens with one attached hydrogen (secondary N) is 1. The van der Waals surface area contributed by atoms with Crippen molar-refractivity contribution in [2.45, 2.75) is 32.7 Å². The molecule has 3 rings (SSSR count). The van der Waals surface area contributed by atoms with Crippen molar-refractivity contribution in [2.75, 3.05) is 17.7 Å². The first-order chi connectivity index (χ1) is 14.9. The van der Waals surface area contributed by atoms with Crippen LogP contribution in [0.2, 0.25) is 0 Å². The lowest BCUT2D eigenvalue weighted by Gasteiger charge is -2.14. The summed E-state index contributed by atoms with van der Waals surface area (Å²) in [5, 5.41) is 3.53. The van der Waals surface area contributed by atoms with Gasteiger partial charge in [0, 0.05) is 16.9 Å². The number of anilines is 1. The molecule has 0 spiro atoms. The Kier molecular flexibility index (Phi) is 7.47. The highest BCUT2D eigenvalue weighted by Gasteiger charge is 2.19. The van der Waals surface area contributed by atoms with Crippen LogP contribution in [0.15, 0.2) is 59.6 Å². The molecule has 1 aromatic heterocycles. The predicted octanol–water partition coefficient (Wildman–Crippen LogP) is 5.63. The van der Waals surface area contributed by atoms with Crippen LogP contribution in [0.25, 0.3) is 0 Å². The van der Waals surface area contributed by atoms with Crippen molar-refractivity contribution in [2.24, 2.45) is 0 Å². The number of aromatic nitrogens is 1. The third-order valence-electron chi connectivity index (χ3n) is 4.76. The van der Waals surface area contributed by atoms with Crippen LogP contribution >= 0.6 is 11.8 Å². The Morgan fingerprint density at radius 2 is 1.71 bits per heavy atom. The van der Waals surface area contributed by atoms with Gasteiger partial charge < -0.3 is 10.1 Å². The molecule has 0 atom stereocenters. The van der Waals surface area contributed by atoms with Gasteiger partial charge in [-0.15, -0.1) is 0 Å². The van der Waals surface area contributed by atoms with Gasteiger partial charge in [-0.3, -0.25) is 9.59 Å². The highest BCUT2D eigenvalue weighted by Crippen LogP contribution is 2.27. The minimum absolute atomic E-state index is 0.0285. The van der Waals surface area contributed by atoms with E-state index in [2.05, 4.69) is 10.3 Å². The Morgan fingerprint density at radius 3 is 2.39 bits per heavy atom. The average Bonchev–Trinajstić information content (AvgIpc) is 2.74. The maximum Gasteiger partial charge on any atom is 0.258 e. The number of nitrogens with zero attached hydrogens (tertiary/aromatic N) is 1. The molecule has 0 aliphatic carbocycles. The number of hydrogen-bond donors (Lipinski definition) is 1. The summed E-state index contributed by atoms with van der Waals surface area (Å²) in [6.07, 6.45) is 0. The third kappa shape index (κ3) is 5.73. The topological polar surface area (TPSA) is 68.3 Å². The number of aryl methyl sites for hydroxylation is 3. The number of ether oxygens (including phenoxy) is 1. The van der Waals surface area contributed by atoms with Crippen LogP contribution < -0.4 is 10.1 Å². The van der Waals surface area contributed by atoms with Crippen molar-refractivity contribution in [1.82, 2.24) is 4.98 Å². The van der Waals surface area contributed by atoms with Gasteiger partial charge in [0.15, 0.2) is 5.78 Å². The van der Waals surface area contributed by atoms with Crippen molar-refractivity contribution in [1.29, 1.82) is 0 Å². The van der Waals surface area contributed by atoms with Crippen molar-refractivity contribution >= 4 is 29.1 Å². The van der Waals surface area contributed by atoms with Crippen LogP contribution in [-0.2, 0) is 0 Å². The molecule has 0 fully saturated rings. The van der Waals surface area contributed by atoms with E-state index in [1.54, 1.807) is 24.3 Å². The van der Waals surface area contributed by atoms with E-state index in [0.29, 0.717) is 22.8 Å². The second-order valence-corrected chi connectivity index (χ2v) is 8.16. The first kappa shape index (κ1) is 22.6. The van der Waals surface area contributed by atoms with E-state index < -0.39 is 0 Å². The molecule has 6 heteroatoms. The van der Waals surface area contributed by atoms with E-state index in [1.807, 2.05) is 58.0 Å². The summed E-state index contributed by atoms with van der Waals surface area (Å²) in [6.45, 7) is 8.21. The van der Waals surface area contributed by atoms with E-state index >= 15 is 0 Å². The van der Waals surface area contributed by atoms with Gasteiger partial charge in [-0.1, -0.05) is 30.0 Å². The van der Waals surface area contributed by atoms with Crippen LogP contribution in [0, 0.1) is 20.8 Å². The average molecular weight is 435 g/mol. The lowest BCUT2D eigenvalue weighted by atomic mass is 10.1. The standard InChI is InChI=1S/C25H26N2O3S/c1-5-30-20-12-10-19(11-13-20)22(28)15-31-25-23(17(3)14-18(4)26-25)24(29)27-21-9-7-6-8-16(21)2/h6-14H,5,15H2,1-4H3,(H,27,29). The van der Waals surface area contributed by atoms with Crippen molar-refractivity contribution in [3.63, 3.8) is 0 Å². The molecular weight excluding hydrogens is 408 g/mol. The fourth-order valence-electron chi connectivity index (χ4n) is 3.20. The van der Waals surface area contributed by atoms with Crippen molar-refractivity contribution < 1.29 is 14.3 Å². The molecule has 1 N–H and O–H groups in total. The van der Waals surface area contributed by atoms with Gasteiger partial charge in [-0.05, 0) is 75.2 Å². The minimum atomic E-state index is -0.227. The van der Waals surface area contributed by atoms with Crippen LogP contribution in [0.4, 0.5) is 5.69 Å². The number of hydrogen-bond acceptors (Lipinski definition) is 5. The highest BCUT2D eigenvalue weighted by molar-refractivity contribution is 8.00. The van der Waals surface area contributed by atoms with Gasteiger partial charge in [-0.25, -0.2) is 4.98 Å². The normalized spacial score (nSPS) is 10.6. The number of benzene rings is 2. The summed E-state index contributed by atoms with van der Waals surface area (Å²) >= 11 is 1.28. The molecule has 0 bridgehead atoms. The molecular formula is C25H26N2O3S. The van der Waals surface area contributed by atoms with Gasteiger partial charge in [0.1, 0.15) is 10.8 Å². The zero-order valence-electron chi connectivity index (χ0n) is 18.2. The molecule has 31 heavy (non-hydrogen) atoms. The molecule has 0 aliphatic heterocycles. The summed E-state index contributed by atoms with van der Waals surface area (Å²) in [4.78, 5) is 30.3. The number of para-hydroxylation sites is 1. The number of amides is 1. The molecule has 0 aliphatic rings. The summed E-state index contributed by atoms with van der Waals surface area (Å²) in [6, 6.07) is 16.6. The number of ketones is 1. The van der Waals surface area contributed by atoms with Crippen LogP contribution in [0.1, 0.15) is 44.5 Å². The van der Waals surface area contributed by atoms with Gasteiger partial charge in [0.2, 0.25) is 0 Å². The molecule has 0 unspecified atom stereocenters. The number of carbonyl (C=O) groups excluding carboxylic acids is 2. The summed E-state index contributed by atoms with van der Waals surface area (Å²) < 4.78 is 5.42. The summed E-state index contributed by atoms with van der Waals surface area (Å²) in [7, 11) is 0. The maximum atomic E-state index is 13.1. The Bertz CT molecular complexity index is 1090. The molecule has 1 amide bonds. The van der Waals surface area contributed by atoms with Gasteiger partial charge >= 0.3 is 0 Å². The highest BCUT2D eigenvalue weighted by atomic mass is 32.2. The number of Topliss-reactive ketones (excluding diaryl/α,β-unsaturated/α-hetero) is 1. The zero-order valence-corrected chi connectivity index (χ0v) is 19.0. The van der Waals surface area contributed by atoms with Gasteiger partial charge in [0.25, 0.3) is 5.91 Å². The lowest BCUT2D eigenvalue weighted by molar-refractivity contribution is 0.101. The lowest BCUT2D eigenvalue weighted by Crippen LogP contribution is -2.17. The van der Waals surface area contributed by atoms with E-state index in [4.69, 9.17) is 4.74 Å². The van der Waals surface area contributed by atoms with E-state index in [9.17, 15) is 9.59 Å². The molecule has 160 valence electrons. The monoisotopic (exact) mass is 434 g/mol. The molecule has 0 saturated heterocycles. The minimum Gasteiger partial charge on any atom is -0.494 e. The fourth-order valence-corrected chi connectivity index (χ4v) is 4.24. The van der Waals surface area contributed by atoms with E-state index in [-0.39, 0.29) is 17.4 Å². The first-order valence-corrected chi connectivity index (χ1v) is 11.1. The smallest absolute Gasteiger partial charge is 0.258 e. The molecule has 2 aromatic carbocycles. The first-order valence-electron chi connectivity index (χ1n) is 10.1. The van der Waals surface area contributed by atoms with Gasteiger partial charge in [0.05, 0.1) is 17.9 Å². The summed E-state index contributed by atoms with van der Waals surface area (Å²) in [5.41, 5.74) is 4.47.